The second-order valence-electron chi connectivity index (χ2n) is 5.93. The van der Waals surface area contributed by atoms with Crippen molar-refractivity contribution in [3.05, 3.63) is 95.6 Å². The molecular formula is C20H17F2NO2S. The van der Waals surface area contributed by atoms with Gasteiger partial charge in [-0.2, -0.15) is 0 Å². The van der Waals surface area contributed by atoms with Gasteiger partial charge in [0, 0.05) is 0 Å². The highest BCUT2D eigenvalue weighted by molar-refractivity contribution is 7.92. The van der Waals surface area contributed by atoms with E-state index < -0.39 is 21.7 Å². The molecule has 3 nitrogen and oxygen atoms in total. The molecule has 0 aliphatic carbocycles. The predicted molar refractivity (Wildman–Crippen MR) is 97.3 cm³/mol. The molecule has 0 amide bonds. The van der Waals surface area contributed by atoms with Crippen LogP contribution in [0.15, 0.2) is 77.7 Å². The van der Waals surface area contributed by atoms with Gasteiger partial charge in [0.05, 0.1) is 17.1 Å². The number of nitrogens with zero attached hydrogens (tertiary/aromatic N) is 1. The molecule has 134 valence electrons. The van der Waals surface area contributed by atoms with Crippen molar-refractivity contribution in [2.45, 2.75) is 18.4 Å². The molecule has 0 N–H and O–H groups in total. The van der Waals surface area contributed by atoms with Gasteiger partial charge in [-0.1, -0.05) is 35.9 Å². The quantitative estimate of drug-likeness (QED) is 0.652. The van der Waals surface area contributed by atoms with Gasteiger partial charge in [-0.3, -0.25) is 4.31 Å². The third kappa shape index (κ3) is 3.91. The molecule has 0 aromatic heterocycles. The van der Waals surface area contributed by atoms with Gasteiger partial charge in [0.1, 0.15) is 11.6 Å². The lowest BCUT2D eigenvalue weighted by Crippen LogP contribution is -2.30. The maximum absolute atomic E-state index is 13.7. The summed E-state index contributed by atoms with van der Waals surface area (Å²) in [5.41, 5.74) is 1.56. The van der Waals surface area contributed by atoms with Crippen LogP contribution in [0.3, 0.4) is 0 Å². The summed E-state index contributed by atoms with van der Waals surface area (Å²) in [6, 6.07) is 17.4. The maximum atomic E-state index is 13.7. The van der Waals surface area contributed by atoms with Crippen LogP contribution in [0.2, 0.25) is 0 Å². The summed E-state index contributed by atoms with van der Waals surface area (Å²) in [6.07, 6.45) is 0. The molecule has 3 aromatic carbocycles. The normalized spacial score (nSPS) is 11.3. The number of anilines is 1. The highest BCUT2D eigenvalue weighted by Crippen LogP contribution is 2.27. The van der Waals surface area contributed by atoms with E-state index in [4.69, 9.17) is 0 Å². The number of rotatable bonds is 5. The van der Waals surface area contributed by atoms with Crippen LogP contribution < -0.4 is 4.31 Å². The topological polar surface area (TPSA) is 37.4 Å². The standard InChI is InChI=1S/C20H17F2NO2S/c1-15-8-10-20(11-9-15)26(24,25)23(19-7-3-6-18(22)13-19)14-16-4-2-5-17(21)12-16/h2-13H,14H2,1H3. The van der Waals surface area contributed by atoms with Crippen LogP contribution in [0.5, 0.6) is 0 Å². The monoisotopic (exact) mass is 373 g/mol. The molecule has 0 atom stereocenters. The van der Waals surface area contributed by atoms with E-state index in [1.165, 1.54) is 48.5 Å². The Labute approximate surface area is 151 Å². The first-order valence-corrected chi connectivity index (χ1v) is 9.40. The average Bonchev–Trinajstić information content (AvgIpc) is 2.60. The minimum Gasteiger partial charge on any atom is -0.262 e. The van der Waals surface area contributed by atoms with Gasteiger partial charge in [-0.15, -0.1) is 0 Å². The van der Waals surface area contributed by atoms with Crippen molar-refractivity contribution in [3.63, 3.8) is 0 Å². The Bertz CT molecular complexity index is 1020. The molecule has 3 rings (SSSR count). The van der Waals surface area contributed by atoms with Crippen LogP contribution in [-0.4, -0.2) is 8.42 Å². The third-order valence-electron chi connectivity index (χ3n) is 3.92. The first-order valence-electron chi connectivity index (χ1n) is 7.96. The Balaban J connectivity index is 2.09. The third-order valence-corrected chi connectivity index (χ3v) is 5.71. The zero-order valence-electron chi connectivity index (χ0n) is 14.1. The van der Waals surface area contributed by atoms with Crippen molar-refractivity contribution in [2.75, 3.05) is 4.31 Å². The molecule has 0 radical (unpaired) electrons. The van der Waals surface area contributed by atoms with Gasteiger partial charge in [0.25, 0.3) is 10.0 Å². The Morgan fingerprint density at radius 2 is 1.46 bits per heavy atom. The van der Waals surface area contributed by atoms with Crippen molar-refractivity contribution in [3.8, 4) is 0 Å². The molecule has 0 spiro atoms. The number of benzene rings is 3. The van der Waals surface area contributed by atoms with E-state index in [0.29, 0.717) is 5.56 Å². The molecule has 3 aromatic rings. The average molecular weight is 373 g/mol. The van der Waals surface area contributed by atoms with Crippen LogP contribution >= 0.6 is 0 Å². The van der Waals surface area contributed by atoms with Gasteiger partial charge in [0.15, 0.2) is 0 Å². The van der Waals surface area contributed by atoms with Crippen molar-refractivity contribution in [1.82, 2.24) is 0 Å². The number of hydrogen-bond donors (Lipinski definition) is 0. The summed E-state index contributed by atoms with van der Waals surface area (Å²) in [4.78, 5) is 0.0868. The van der Waals surface area contributed by atoms with Crippen molar-refractivity contribution in [2.24, 2.45) is 0 Å². The van der Waals surface area contributed by atoms with E-state index in [2.05, 4.69) is 0 Å². The Morgan fingerprint density at radius 3 is 2.08 bits per heavy atom. The lowest BCUT2D eigenvalue weighted by molar-refractivity contribution is 0.589. The molecule has 0 saturated carbocycles. The summed E-state index contributed by atoms with van der Waals surface area (Å²) in [6.45, 7) is 1.74. The number of hydrogen-bond acceptors (Lipinski definition) is 2. The van der Waals surface area contributed by atoms with Crippen LogP contribution in [0, 0.1) is 18.6 Å². The minimum absolute atomic E-state index is 0.0868. The zero-order valence-corrected chi connectivity index (χ0v) is 14.9. The number of sulfonamides is 1. The van der Waals surface area contributed by atoms with Gasteiger partial charge < -0.3 is 0 Å². The smallest absolute Gasteiger partial charge is 0.262 e. The van der Waals surface area contributed by atoms with Gasteiger partial charge in [-0.25, -0.2) is 17.2 Å². The van der Waals surface area contributed by atoms with E-state index in [-0.39, 0.29) is 17.1 Å². The second kappa shape index (κ2) is 7.25. The summed E-state index contributed by atoms with van der Waals surface area (Å²) in [7, 11) is -3.95. The summed E-state index contributed by atoms with van der Waals surface area (Å²) in [5.74, 6) is -1.01. The number of aryl methyl sites for hydroxylation is 1. The summed E-state index contributed by atoms with van der Waals surface area (Å²) < 4.78 is 54.6. The minimum atomic E-state index is -3.95. The summed E-state index contributed by atoms with van der Waals surface area (Å²) >= 11 is 0. The van der Waals surface area contributed by atoms with Gasteiger partial charge in [-0.05, 0) is 55.0 Å². The summed E-state index contributed by atoms with van der Waals surface area (Å²) in [5, 5.41) is 0. The zero-order chi connectivity index (χ0) is 18.7. The molecule has 0 heterocycles. The Hall–Kier alpha value is -2.73. The van der Waals surface area contributed by atoms with E-state index in [0.717, 1.165) is 15.9 Å². The van der Waals surface area contributed by atoms with Crippen molar-refractivity contribution < 1.29 is 17.2 Å². The molecule has 0 aliphatic heterocycles. The first kappa shape index (κ1) is 18.1. The molecule has 0 aliphatic rings. The van der Waals surface area contributed by atoms with E-state index in [1.807, 2.05) is 6.92 Å². The Morgan fingerprint density at radius 1 is 0.846 bits per heavy atom. The van der Waals surface area contributed by atoms with Crippen molar-refractivity contribution >= 4 is 15.7 Å². The molecule has 0 bridgehead atoms. The van der Waals surface area contributed by atoms with Crippen LogP contribution in [0.1, 0.15) is 11.1 Å². The molecule has 0 fully saturated rings. The van der Waals surface area contributed by atoms with Crippen molar-refractivity contribution in [1.29, 1.82) is 0 Å². The fourth-order valence-corrected chi connectivity index (χ4v) is 4.03. The molecule has 0 unspecified atom stereocenters. The first-order chi connectivity index (χ1) is 12.4. The van der Waals surface area contributed by atoms with E-state index >= 15 is 0 Å². The fraction of sp³-hybridized carbons (Fsp3) is 0.100. The molecule has 0 saturated heterocycles. The lowest BCUT2D eigenvalue weighted by atomic mass is 10.2. The van der Waals surface area contributed by atoms with E-state index in [1.54, 1.807) is 18.2 Å². The van der Waals surface area contributed by atoms with E-state index in [9.17, 15) is 17.2 Å². The van der Waals surface area contributed by atoms with Gasteiger partial charge >= 0.3 is 0 Å². The van der Waals surface area contributed by atoms with Crippen LogP contribution in [0.4, 0.5) is 14.5 Å². The largest absolute Gasteiger partial charge is 0.264 e. The maximum Gasteiger partial charge on any atom is 0.264 e. The fourth-order valence-electron chi connectivity index (χ4n) is 2.58. The highest BCUT2D eigenvalue weighted by Gasteiger charge is 2.25. The van der Waals surface area contributed by atoms with Gasteiger partial charge in [0.2, 0.25) is 0 Å². The Kier molecular flexibility index (Phi) is 5.04. The number of halogens is 2. The van der Waals surface area contributed by atoms with Crippen LogP contribution in [0.25, 0.3) is 0 Å². The lowest BCUT2D eigenvalue weighted by Gasteiger charge is -2.25. The molecular weight excluding hydrogens is 356 g/mol. The second-order valence-corrected chi connectivity index (χ2v) is 7.80. The highest BCUT2D eigenvalue weighted by atomic mass is 32.2. The SMILES string of the molecule is Cc1ccc(S(=O)(=O)N(Cc2cccc(F)c2)c2cccc(F)c2)cc1. The predicted octanol–water partition coefficient (Wildman–Crippen LogP) is 4.67. The van der Waals surface area contributed by atoms with Crippen LogP contribution in [-0.2, 0) is 16.6 Å². The molecule has 26 heavy (non-hydrogen) atoms. The molecule has 6 heteroatoms.